The third kappa shape index (κ3) is 4.97. The molecule has 0 saturated carbocycles. The van der Waals surface area contributed by atoms with Crippen LogP contribution in [0.4, 0.5) is 0 Å². The third-order valence-corrected chi connectivity index (χ3v) is 2.49. The van der Waals surface area contributed by atoms with Crippen molar-refractivity contribution < 1.29 is 14.6 Å². The summed E-state index contributed by atoms with van der Waals surface area (Å²) in [5.74, 6) is 0.378. The largest absolute Gasteiger partial charge is 0.492 e. The highest BCUT2D eigenvalue weighted by atomic mass is 16.5. The first-order valence-corrected chi connectivity index (χ1v) is 6.05. The summed E-state index contributed by atoms with van der Waals surface area (Å²) in [5.41, 5.74) is 1.22. The van der Waals surface area contributed by atoms with Crippen molar-refractivity contribution in [3.05, 3.63) is 54.8 Å². The second-order valence-corrected chi connectivity index (χ2v) is 4.07. The Morgan fingerprint density at radius 2 is 2.11 bits per heavy atom. The van der Waals surface area contributed by atoms with Gasteiger partial charge in [0.15, 0.2) is 5.78 Å². The summed E-state index contributed by atoms with van der Waals surface area (Å²) in [6, 6.07) is 6.69. The van der Waals surface area contributed by atoms with Gasteiger partial charge in [-0.25, -0.2) is 0 Å². The SMILES string of the molecule is C=CC(=C)NCCOc1ccc(C(=O)C(C)O)cc1. The second kappa shape index (κ2) is 7.38. The van der Waals surface area contributed by atoms with Crippen LogP contribution in [0.25, 0.3) is 0 Å². The van der Waals surface area contributed by atoms with E-state index in [0.717, 1.165) is 5.70 Å². The molecule has 0 spiro atoms. The van der Waals surface area contributed by atoms with E-state index < -0.39 is 6.10 Å². The van der Waals surface area contributed by atoms with Gasteiger partial charge >= 0.3 is 0 Å². The number of Topliss-reactive ketones (excluding diaryl/α,β-unsaturated/α-hetero) is 1. The highest BCUT2D eigenvalue weighted by molar-refractivity contribution is 5.99. The fourth-order valence-corrected chi connectivity index (χ4v) is 1.41. The maximum atomic E-state index is 11.5. The zero-order chi connectivity index (χ0) is 14.3. The number of nitrogens with one attached hydrogen (secondary N) is 1. The van der Waals surface area contributed by atoms with E-state index in [1.54, 1.807) is 30.3 Å². The first kappa shape index (κ1) is 15.0. The number of hydrogen-bond donors (Lipinski definition) is 2. The fourth-order valence-electron chi connectivity index (χ4n) is 1.41. The number of benzene rings is 1. The summed E-state index contributed by atoms with van der Waals surface area (Å²) in [6.45, 7) is 9.86. The van der Waals surface area contributed by atoms with Gasteiger partial charge < -0.3 is 15.2 Å². The number of carbonyl (C=O) groups is 1. The Bertz CT molecular complexity index is 449. The summed E-state index contributed by atoms with van der Waals surface area (Å²) in [7, 11) is 0. The molecule has 0 amide bonds. The van der Waals surface area contributed by atoms with Crippen LogP contribution in [0.3, 0.4) is 0 Å². The zero-order valence-corrected chi connectivity index (χ0v) is 11.1. The lowest BCUT2D eigenvalue weighted by atomic mass is 10.1. The van der Waals surface area contributed by atoms with E-state index in [-0.39, 0.29) is 5.78 Å². The molecule has 1 rings (SSSR count). The Balaban J connectivity index is 2.42. The molecule has 1 aromatic rings. The van der Waals surface area contributed by atoms with Crippen LogP contribution in [0.1, 0.15) is 17.3 Å². The molecule has 102 valence electrons. The first-order valence-electron chi connectivity index (χ1n) is 6.05. The summed E-state index contributed by atoms with van der Waals surface area (Å²) < 4.78 is 5.48. The molecule has 0 fully saturated rings. The van der Waals surface area contributed by atoms with Crippen molar-refractivity contribution in [1.29, 1.82) is 0 Å². The Kier molecular flexibility index (Phi) is 5.82. The van der Waals surface area contributed by atoms with Gasteiger partial charge in [0.25, 0.3) is 0 Å². The van der Waals surface area contributed by atoms with Crippen molar-refractivity contribution in [1.82, 2.24) is 5.32 Å². The maximum absolute atomic E-state index is 11.5. The summed E-state index contributed by atoms with van der Waals surface area (Å²) in [5, 5.41) is 12.2. The molecule has 2 N–H and O–H groups in total. The molecule has 0 aliphatic rings. The lowest BCUT2D eigenvalue weighted by Gasteiger charge is -2.09. The molecule has 0 heterocycles. The number of aliphatic hydroxyl groups is 1. The van der Waals surface area contributed by atoms with E-state index in [1.807, 2.05) is 0 Å². The topological polar surface area (TPSA) is 58.6 Å². The normalized spacial score (nSPS) is 11.5. The third-order valence-electron chi connectivity index (χ3n) is 2.49. The molecule has 19 heavy (non-hydrogen) atoms. The number of allylic oxidation sites excluding steroid dienone is 1. The molecule has 1 atom stereocenters. The van der Waals surface area contributed by atoms with Crippen LogP contribution in [0.2, 0.25) is 0 Å². The molecule has 0 aliphatic carbocycles. The van der Waals surface area contributed by atoms with Crippen molar-refractivity contribution >= 4 is 5.78 Å². The average Bonchev–Trinajstić information content (AvgIpc) is 2.43. The van der Waals surface area contributed by atoms with Crippen LogP contribution >= 0.6 is 0 Å². The summed E-state index contributed by atoms with van der Waals surface area (Å²) in [6.07, 6.45) is 0.650. The van der Waals surface area contributed by atoms with Gasteiger partial charge in [-0.15, -0.1) is 0 Å². The predicted molar refractivity (Wildman–Crippen MR) is 75.3 cm³/mol. The van der Waals surface area contributed by atoms with Crippen LogP contribution in [-0.4, -0.2) is 30.1 Å². The molecular formula is C15H19NO3. The molecule has 1 aromatic carbocycles. The summed E-state index contributed by atoms with van der Waals surface area (Å²) >= 11 is 0. The van der Waals surface area contributed by atoms with Crippen molar-refractivity contribution in [3.8, 4) is 5.75 Å². The predicted octanol–water partition coefficient (Wildman–Crippen LogP) is 1.92. The second-order valence-electron chi connectivity index (χ2n) is 4.07. The van der Waals surface area contributed by atoms with Crippen LogP contribution in [0, 0.1) is 0 Å². The quantitative estimate of drug-likeness (QED) is 0.426. The lowest BCUT2D eigenvalue weighted by molar-refractivity contribution is 0.0779. The summed E-state index contributed by atoms with van der Waals surface area (Å²) in [4.78, 5) is 11.5. The van der Waals surface area contributed by atoms with Crippen molar-refractivity contribution in [3.63, 3.8) is 0 Å². The molecule has 0 bridgehead atoms. The Morgan fingerprint density at radius 1 is 1.47 bits per heavy atom. The smallest absolute Gasteiger partial charge is 0.190 e. The highest BCUT2D eigenvalue weighted by Gasteiger charge is 2.11. The van der Waals surface area contributed by atoms with Crippen molar-refractivity contribution in [2.75, 3.05) is 13.2 Å². The highest BCUT2D eigenvalue weighted by Crippen LogP contribution is 2.13. The molecule has 4 heteroatoms. The number of ether oxygens (including phenoxy) is 1. The number of hydrogen-bond acceptors (Lipinski definition) is 4. The number of aliphatic hydroxyl groups excluding tert-OH is 1. The minimum Gasteiger partial charge on any atom is -0.492 e. The van der Waals surface area contributed by atoms with E-state index >= 15 is 0 Å². The lowest BCUT2D eigenvalue weighted by Crippen LogP contribution is -2.19. The van der Waals surface area contributed by atoms with Gasteiger partial charge in [-0.3, -0.25) is 4.79 Å². The van der Waals surface area contributed by atoms with Gasteiger partial charge in [0.05, 0.1) is 0 Å². The zero-order valence-electron chi connectivity index (χ0n) is 11.1. The van der Waals surface area contributed by atoms with Crippen LogP contribution in [-0.2, 0) is 0 Å². The Morgan fingerprint density at radius 3 is 2.63 bits per heavy atom. The van der Waals surface area contributed by atoms with E-state index in [1.165, 1.54) is 6.92 Å². The number of ketones is 1. The Labute approximate surface area is 113 Å². The Hall–Kier alpha value is -2.07. The number of rotatable bonds is 8. The first-order chi connectivity index (χ1) is 9.04. The molecule has 0 saturated heterocycles. The fraction of sp³-hybridized carbons (Fsp3) is 0.267. The molecule has 1 unspecified atom stereocenters. The van der Waals surface area contributed by atoms with E-state index in [2.05, 4.69) is 18.5 Å². The minimum atomic E-state index is -0.985. The van der Waals surface area contributed by atoms with Gasteiger partial charge in [-0.1, -0.05) is 13.2 Å². The molecular weight excluding hydrogens is 242 g/mol. The van der Waals surface area contributed by atoms with Crippen molar-refractivity contribution in [2.24, 2.45) is 0 Å². The van der Waals surface area contributed by atoms with Gasteiger partial charge in [0.1, 0.15) is 18.5 Å². The van der Waals surface area contributed by atoms with E-state index in [4.69, 9.17) is 4.74 Å². The van der Waals surface area contributed by atoms with Crippen molar-refractivity contribution in [2.45, 2.75) is 13.0 Å². The minimum absolute atomic E-state index is 0.296. The standard InChI is InChI=1S/C15H19NO3/c1-4-11(2)16-9-10-19-14-7-5-13(6-8-14)15(18)12(3)17/h4-8,12,16-17H,1-2,9-10H2,3H3. The monoisotopic (exact) mass is 261 g/mol. The molecule has 4 nitrogen and oxygen atoms in total. The van der Waals surface area contributed by atoms with Gasteiger partial charge in [0.2, 0.25) is 0 Å². The van der Waals surface area contributed by atoms with Gasteiger partial charge in [-0.05, 0) is 37.3 Å². The molecule has 0 aromatic heterocycles. The van der Waals surface area contributed by atoms with E-state index in [0.29, 0.717) is 24.5 Å². The molecule has 0 radical (unpaired) electrons. The van der Waals surface area contributed by atoms with Crippen LogP contribution < -0.4 is 10.1 Å². The van der Waals surface area contributed by atoms with Gasteiger partial charge in [0, 0.05) is 17.8 Å². The van der Waals surface area contributed by atoms with Crippen LogP contribution in [0.5, 0.6) is 5.75 Å². The average molecular weight is 261 g/mol. The number of carbonyl (C=O) groups excluding carboxylic acids is 1. The molecule has 0 aliphatic heterocycles. The van der Waals surface area contributed by atoms with Crippen LogP contribution in [0.15, 0.2) is 49.2 Å². The van der Waals surface area contributed by atoms with E-state index in [9.17, 15) is 9.90 Å². The maximum Gasteiger partial charge on any atom is 0.190 e. The van der Waals surface area contributed by atoms with Gasteiger partial charge in [-0.2, -0.15) is 0 Å².